The van der Waals surface area contributed by atoms with Gasteiger partial charge in [0, 0.05) is 47.6 Å². The molecular formula is C40H44F3N5O4. The number of phenols is 1. The lowest BCUT2D eigenvalue weighted by Gasteiger charge is -2.46. The molecule has 4 aliphatic rings. The molecule has 2 aromatic heterocycles. The Labute approximate surface area is 301 Å². The van der Waals surface area contributed by atoms with Crippen molar-refractivity contribution in [2.45, 2.75) is 70.2 Å². The van der Waals surface area contributed by atoms with Crippen molar-refractivity contribution < 1.29 is 32.9 Å². The van der Waals surface area contributed by atoms with Crippen LogP contribution in [0.3, 0.4) is 0 Å². The van der Waals surface area contributed by atoms with Crippen LogP contribution in [0.15, 0.2) is 30.5 Å². The number of phenolic OH excluding ortho intramolecular Hbond substituents is 1. The standard InChI is InChI=1S/C40H44F3N5O4/c1-5-26-30(41)10-9-24-16-25(49)17-27(32(24)26)34-33(42)35-28(18-44-34)36(48-14-15-51-21-38(3,50)20-48)46-37(45-35)52-22-40-11-6-8-31(40)47(13-7-12-40)19-29-23(2)39(29,4)43/h1,9-10,16-18,23,29,31,49-50H,6-8,11-15,19-22H2,2-4H3/t23-,29?,31-,38+,39?,40-/m1/s1. The minimum atomic E-state index is -1.22. The molecule has 0 spiro atoms. The number of halogens is 3. The number of nitrogens with zero attached hydrogens (tertiary/aromatic N) is 5. The molecule has 2 saturated carbocycles. The van der Waals surface area contributed by atoms with Crippen molar-refractivity contribution >= 4 is 27.5 Å². The van der Waals surface area contributed by atoms with Gasteiger partial charge >= 0.3 is 6.01 Å². The number of aliphatic hydroxyl groups is 1. The quantitative estimate of drug-likeness (QED) is 0.210. The van der Waals surface area contributed by atoms with Crippen LogP contribution in [0.2, 0.25) is 0 Å². The first-order valence-corrected chi connectivity index (χ1v) is 18.2. The van der Waals surface area contributed by atoms with E-state index in [0.717, 1.165) is 45.2 Å². The highest BCUT2D eigenvalue weighted by atomic mass is 19.1. The van der Waals surface area contributed by atoms with Crippen molar-refractivity contribution in [3.8, 4) is 35.4 Å². The number of rotatable bonds is 7. The van der Waals surface area contributed by atoms with Gasteiger partial charge in [-0.2, -0.15) is 9.97 Å². The molecule has 2 unspecified atom stereocenters. The van der Waals surface area contributed by atoms with E-state index < -0.39 is 22.9 Å². The molecule has 2 aromatic carbocycles. The molecule has 0 bridgehead atoms. The zero-order chi connectivity index (χ0) is 36.6. The summed E-state index contributed by atoms with van der Waals surface area (Å²) >= 11 is 0. The number of aromatic hydroxyl groups is 1. The number of β-amino-alcohol motifs (C(OH)–C–C–N with tert-alkyl or cyclic N) is 1. The lowest BCUT2D eigenvalue weighted by molar-refractivity contribution is -0.0123. The second-order valence-corrected chi connectivity index (χ2v) is 15.8. The number of benzene rings is 2. The molecule has 4 heterocycles. The van der Waals surface area contributed by atoms with Gasteiger partial charge in [0.2, 0.25) is 0 Å². The van der Waals surface area contributed by atoms with Gasteiger partial charge in [0.1, 0.15) is 39.9 Å². The van der Waals surface area contributed by atoms with Crippen LogP contribution in [0.5, 0.6) is 11.8 Å². The Kier molecular flexibility index (Phi) is 8.55. The molecule has 0 radical (unpaired) electrons. The minimum Gasteiger partial charge on any atom is -0.508 e. The minimum absolute atomic E-state index is 0.0219. The lowest BCUT2D eigenvalue weighted by atomic mass is 9.75. The van der Waals surface area contributed by atoms with E-state index in [1.165, 1.54) is 30.5 Å². The van der Waals surface area contributed by atoms with Gasteiger partial charge in [-0.3, -0.25) is 9.88 Å². The van der Waals surface area contributed by atoms with Crippen molar-refractivity contribution in [3.63, 3.8) is 0 Å². The van der Waals surface area contributed by atoms with Gasteiger partial charge < -0.3 is 24.6 Å². The summed E-state index contributed by atoms with van der Waals surface area (Å²) in [7, 11) is 0. The Morgan fingerprint density at radius 3 is 2.69 bits per heavy atom. The highest BCUT2D eigenvalue weighted by Gasteiger charge is 2.61. The number of aromatic nitrogens is 3. The molecule has 9 nitrogen and oxygen atoms in total. The Balaban J connectivity index is 1.21. The number of hydrogen-bond acceptors (Lipinski definition) is 9. The predicted molar refractivity (Wildman–Crippen MR) is 192 cm³/mol. The Hall–Kier alpha value is -4.18. The van der Waals surface area contributed by atoms with Gasteiger partial charge in [-0.25, -0.2) is 13.2 Å². The fourth-order valence-electron chi connectivity index (χ4n) is 9.27. The number of likely N-dealkylation sites (tertiary alicyclic amines) is 1. The average molecular weight is 716 g/mol. The maximum atomic E-state index is 17.0. The molecule has 2 N–H and O–H groups in total. The molecule has 6 atom stereocenters. The van der Waals surface area contributed by atoms with Crippen LogP contribution < -0.4 is 9.64 Å². The van der Waals surface area contributed by atoms with Crippen molar-refractivity contribution in [2.24, 2.45) is 17.3 Å². The summed E-state index contributed by atoms with van der Waals surface area (Å²) in [6, 6.07) is 5.63. The number of piperidine rings is 1. The average Bonchev–Trinajstić information content (AvgIpc) is 3.39. The largest absolute Gasteiger partial charge is 0.508 e. The molecule has 274 valence electrons. The smallest absolute Gasteiger partial charge is 0.319 e. The molecular weight excluding hydrogens is 671 g/mol. The zero-order valence-corrected chi connectivity index (χ0v) is 29.8. The van der Waals surface area contributed by atoms with Gasteiger partial charge in [-0.1, -0.05) is 25.3 Å². The monoisotopic (exact) mass is 715 g/mol. The van der Waals surface area contributed by atoms with Gasteiger partial charge in [-0.05, 0) is 75.6 Å². The van der Waals surface area contributed by atoms with Gasteiger partial charge in [0.15, 0.2) is 5.82 Å². The Morgan fingerprint density at radius 1 is 1.13 bits per heavy atom. The van der Waals surface area contributed by atoms with Gasteiger partial charge in [0.25, 0.3) is 0 Å². The summed E-state index contributed by atoms with van der Waals surface area (Å²) in [5.41, 5.74) is -2.75. The van der Waals surface area contributed by atoms with E-state index in [4.69, 9.17) is 20.9 Å². The van der Waals surface area contributed by atoms with E-state index in [1.54, 1.807) is 13.8 Å². The summed E-state index contributed by atoms with van der Waals surface area (Å²) < 4.78 is 59.1. The highest BCUT2D eigenvalue weighted by Crippen LogP contribution is 2.56. The van der Waals surface area contributed by atoms with Crippen molar-refractivity contribution in [2.75, 3.05) is 50.9 Å². The number of alkyl halides is 1. The third kappa shape index (κ3) is 5.91. The first kappa shape index (κ1) is 34.9. The molecule has 2 aliphatic carbocycles. The molecule has 12 heteroatoms. The Morgan fingerprint density at radius 2 is 1.92 bits per heavy atom. The third-order valence-corrected chi connectivity index (χ3v) is 12.3. The first-order valence-electron chi connectivity index (χ1n) is 18.2. The van der Waals surface area contributed by atoms with Gasteiger partial charge in [-0.15, -0.1) is 6.42 Å². The van der Waals surface area contributed by atoms with Crippen LogP contribution in [0, 0.1) is 41.2 Å². The number of ether oxygens (including phenoxy) is 2. The number of fused-ring (bicyclic) bond motifs is 3. The fourth-order valence-corrected chi connectivity index (χ4v) is 9.27. The number of pyridine rings is 1. The fraction of sp³-hybridized carbons (Fsp3) is 0.525. The van der Waals surface area contributed by atoms with Gasteiger partial charge in [0.05, 0.1) is 37.3 Å². The predicted octanol–water partition coefficient (Wildman–Crippen LogP) is 6.41. The molecule has 52 heavy (non-hydrogen) atoms. The summed E-state index contributed by atoms with van der Waals surface area (Å²) in [4.78, 5) is 18.2. The van der Waals surface area contributed by atoms with Crippen molar-refractivity contribution in [3.05, 3.63) is 47.7 Å². The summed E-state index contributed by atoms with van der Waals surface area (Å²) in [5.74, 6) is 1.11. The van der Waals surface area contributed by atoms with E-state index in [1.807, 2.05) is 11.8 Å². The number of hydrogen-bond donors (Lipinski definition) is 2. The van der Waals surface area contributed by atoms with Crippen LogP contribution in [0.1, 0.15) is 58.4 Å². The third-order valence-electron chi connectivity index (χ3n) is 12.3. The van der Waals surface area contributed by atoms with Crippen LogP contribution in [0.4, 0.5) is 19.0 Å². The SMILES string of the molecule is C#Cc1c(F)ccc2cc(O)cc(-c3ncc4c(N5CCOC[C@@](C)(O)C5)nc(OC[C@]56CCC[C@H]5N(CC5[C@@H](C)C5(C)F)CCC6)nc4c3F)c12. The summed E-state index contributed by atoms with van der Waals surface area (Å²) in [5, 5.41) is 22.6. The van der Waals surface area contributed by atoms with E-state index in [2.05, 4.69) is 20.8 Å². The maximum Gasteiger partial charge on any atom is 0.319 e. The van der Waals surface area contributed by atoms with Crippen molar-refractivity contribution in [1.82, 2.24) is 19.9 Å². The topological polar surface area (TPSA) is 104 Å². The zero-order valence-electron chi connectivity index (χ0n) is 29.8. The van der Waals surface area contributed by atoms with E-state index in [-0.39, 0.29) is 81.3 Å². The summed E-state index contributed by atoms with van der Waals surface area (Å²) in [6.45, 7) is 8.26. The molecule has 4 fully saturated rings. The summed E-state index contributed by atoms with van der Waals surface area (Å²) in [6.07, 6.45) is 12.1. The Bertz CT molecular complexity index is 2100. The van der Waals surface area contributed by atoms with E-state index in [0.29, 0.717) is 31.0 Å². The van der Waals surface area contributed by atoms with E-state index >= 15 is 4.39 Å². The normalized spacial score (nSPS) is 30.7. The van der Waals surface area contributed by atoms with Crippen LogP contribution in [-0.2, 0) is 4.74 Å². The van der Waals surface area contributed by atoms with Crippen LogP contribution in [0.25, 0.3) is 32.9 Å². The maximum absolute atomic E-state index is 17.0. The molecule has 4 aromatic rings. The van der Waals surface area contributed by atoms with Crippen LogP contribution >= 0.6 is 0 Å². The van der Waals surface area contributed by atoms with Crippen LogP contribution in [-0.4, -0.2) is 93.4 Å². The van der Waals surface area contributed by atoms with E-state index in [9.17, 15) is 19.0 Å². The molecule has 0 amide bonds. The lowest BCUT2D eigenvalue weighted by Crippen LogP contribution is -2.52. The van der Waals surface area contributed by atoms with Crippen molar-refractivity contribution in [1.29, 1.82) is 0 Å². The second kappa shape index (κ2) is 12.7. The molecule has 2 aliphatic heterocycles. The molecule has 2 saturated heterocycles. The number of terminal acetylenes is 1. The second-order valence-electron chi connectivity index (χ2n) is 15.8. The number of anilines is 1. The highest BCUT2D eigenvalue weighted by molar-refractivity contribution is 6.03. The first-order chi connectivity index (χ1) is 24.8. The molecule has 8 rings (SSSR count).